The van der Waals surface area contributed by atoms with Gasteiger partial charge in [0.15, 0.2) is 0 Å². The number of hydrogen-bond donors (Lipinski definition) is 1. The maximum absolute atomic E-state index is 3.95. The molecule has 31 heavy (non-hydrogen) atoms. The quantitative estimate of drug-likeness (QED) is 0.398. The fourth-order valence-electron chi connectivity index (χ4n) is 5.16. The first-order valence-electron chi connectivity index (χ1n) is 10.9. The molecule has 2 heteroatoms. The van der Waals surface area contributed by atoms with Crippen molar-refractivity contribution in [2.24, 2.45) is 0 Å². The van der Waals surface area contributed by atoms with E-state index in [-0.39, 0.29) is 5.66 Å². The Balaban J connectivity index is 1.62. The van der Waals surface area contributed by atoms with Gasteiger partial charge in [0.25, 0.3) is 0 Å². The second-order valence-corrected chi connectivity index (χ2v) is 8.34. The number of hydrogen-bond acceptors (Lipinski definition) is 2. The summed E-state index contributed by atoms with van der Waals surface area (Å²) in [5.74, 6) is 0.301. The lowest BCUT2D eigenvalue weighted by Gasteiger charge is -2.47. The summed E-state index contributed by atoms with van der Waals surface area (Å²) >= 11 is 0. The van der Waals surface area contributed by atoms with Crippen LogP contribution in [0.2, 0.25) is 0 Å². The molecule has 4 aromatic carbocycles. The molecule has 1 N–H and O–H groups in total. The Kier molecular flexibility index (Phi) is 4.17. The fourth-order valence-corrected chi connectivity index (χ4v) is 5.16. The summed E-state index contributed by atoms with van der Waals surface area (Å²) in [4.78, 5) is 2.52. The molecule has 0 saturated carbocycles. The molecule has 0 unspecified atom stereocenters. The van der Waals surface area contributed by atoms with Gasteiger partial charge in [-0.1, -0.05) is 109 Å². The average Bonchev–Trinajstić information content (AvgIpc) is 3.21. The predicted octanol–water partition coefficient (Wildman–Crippen LogP) is 7.00. The average molecular weight is 401 g/mol. The molecule has 0 amide bonds. The van der Waals surface area contributed by atoms with E-state index in [0.717, 1.165) is 6.42 Å². The highest BCUT2D eigenvalue weighted by molar-refractivity contribution is 5.93. The largest absolute Gasteiger partial charge is 0.357 e. The Morgan fingerprint density at radius 2 is 1.29 bits per heavy atom. The zero-order valence-electron chi connectivity index (χ0n) is 17.3. The Morgan fingerprint density at radius 1 is 0.677 bits per heavy atom. The van der Waals surface area contributed by atoms with Crippen molar-refractivity contribution in [3.05, 3.63) is 138 Å². The summed E-state index contributed by atoms with van der Waals surface area (Å²) in [6.45, 7) is 0. The summed E-state index contributed by atoms with van der Waals surface area (Å²) in [6, 6.07) is 41.2. The van der Waals surface area contributed by atoms with E-state index in [1.165, 1.54) is 33.8 Å². The highest BCUT2D eigenvalue weighted by atomic mass is 15.4. The molecule has 2 nitrogen and oxygen atoms in total. The van der Waals surface area contributed by atoms with Crippen LogP contribution in [0.1, 0.15) is 29.0 Å². The molecule has 0 radical (unpaired) electrons. The minimum Gasteiger partial charge on any atom is -0.357 e. The Morgan fingerprint density at radius 3 is 2.03 bits per heavy atom. The van der Waals surface area contributed by atoms with Crippen molar-refractivity contribution in [2.45, 2.75) is 18.0 Å². The number of allylic oxidation sites excluding steroid dienone is 1. The van der Waals surface area contributed by atoms with Crippen molar-refractivity contribution in [3.8, 4) is 0 Å². The number of rotatable bonds is 3. The first kappa shape index (κ1) is 18.0. The summed E-state index contributed by atoms with van der Waals surface area (Å²) in [5.41, 5.74) is 7.20. The van der Waals surface area contributed by atoms with Gasteiger partial charge in [-0.25, -0.2) is 0 Å². The third kappa shape index (κ3) is 2.87. The molecular formula is C29H24N2. The van der Waals surface area contributed by atoms with Crippen LogP contribution in [-0.2, 0) is 5.66 Å². The van der Waals surface area contributed by atoms with Gasteiger partial charge in [-0.05, 0) is 28.8 Å². The fraction of sp³-hybridized carbons (Fsp3) is 0.103. The van der Waals surface area contributed by atoms with Gasteiger partial charge in [-0.15, -0.1) is 0 Å². The summed E-state index contributed by atoms with van der Waals surface area (Å²) in [5, 5.41) is 3.95. The highest BCUT2D eigenvalue weighted by Gasteiger charge is 2.50. The molecule has 6 rings (SSSR count). The van der Waals surface area contributed by atoms with Crippen molar-refractivity contribution in [1.82, 2.24) is 0 Å². The van der Waals surface area contributed by atoms with Crippen molar-refractivity contribution < 1.29 is 0 Å². The van der Waals surface area contributed by atoms with Crippen molar-refractivity contribution in [2.75, 3.05) is 10.2 Å². The van der Waals surface area contributed by atoms with Crippen LogP contribution in [0.4, 0.5) is 11.4 Å². The van der Waals surface area contributed by atoms with E-state index in [2.05, 4.69) is 132 Å². The van der Waals surface area contributed by atoms with E-state index in [0.29, 0.717) is 5.92 Å². The maximum Gasteiger partial charge on any atom is 0.142 e. The van der Waals surface area contributed by atoms with E-state index in [1.54, 1.807) is 0 Å². The molecule has 0 aromatic heterocycles. The van der Waals surface area contributed by atoms with Crippen LogP contribution < -0.4 is 10.2 Å². The molecule has 2 aliphatic heterocycles. The van der Waals surface area contributed by atoms with E-state index >= 15 is 0 Å². The molecule has 0 bridgehead atoms. The zero-order chi connectivity index (χ0) is 20.7. The summed E-state index contributed by atoms with van der Waals surface area (Å²) in [6.07, 6.45) is 3.40. The van der Waals surface area contributed by atoms with E-state index < -0.39 is 0 Å². The molecule has 2 atom stereocenters. The lowest BCUT2D eigenvalue weighted by Crippen LogP contribution is -2.50. The van der Waals surface area contributed by atoms with Gasteiger partial charge >= 0.3 is 0 Å². The monoisotopic (exact) mass is 400 g/mol. The smallest absolute Gasteiger partial charge is 0.142 e. The number of benzene rings is 4. The second-order valence-electron chi connectivity index (χ2n) is 8.34. The number of anilines is 2. The van der Waals surface area contributed by atoms with Crippen molar-refractivity contribution in [1.29, 1.82) is 0 Å². The van der Waals surface area contributed by atoms with Crippen LogP contribution in [0.25, 0.3) is 5.70 Å². The molecule has 0 aliphatic carbocycles. The second kappa shape index (κ2) is 7.17. The number of nitrogens with zero attached hydrogens (tertiary/aromatic N) is 1. The molecule has 0 fully saturated rings. The van der Waals surface area contributed by atoms with Crippen LogP contribution in [0.3, 0.4) is 0 Å². The molecular weight excluding hydrogens is 376 g/mol. The van der Waals surface area contributed by atoms with Crippen LogP contribution >= 0.6 is 0 Å². The van der Waals surface area contributed by atoms with Gasteiger partial charge < -0.3 is 10.2 Å². The lowest BCUT2D eigenvalue weighted by atomic mass is 9.79. The minimum absolute atomic E-state index is 0.301. The Hall–Kier alpha value is -3.78. The first-order valence-corrected chi connectivity index (χ1v) is 10.9. The molecule has 2 heterocycles. The lowest BCUT2D eigenvalue weighted by molar-refractivity contribution is 0.438. The Labute approximate surface area is 183 Å². The van der Waals surface area contributed by atoms with E-state index in [1.807, 2.05) is 0 Å². The normalized spacial score (nSPS) is 21.6. The van der Waals surface area contributed by atoms with E-state index in [9.17, 15) is 0 Å². The standard InChI is InChI=1S/C29H24N2/c1-4-12-22(13-5-1)24-20-28(23-14-6-2-7-15-23)31-27-19-11-10-18-26(27)30-29(31,21-24)25-16-8-3-9-17-25/h1-20,24,30H,21H2/t24-,29+/m1/s1. The molecule has 0 saturated heterocycles. The van der Waals surface area contributed by atoms with Crippen molar-refractivity contribution >= 4 is 17.1 Å². The third-order valence-electron chi connectivity index (χ3n) is 6.53. The van der Waals surface area contributed by atoms with Gasteiger partial charge in [0, 0.05) is 18.0 Å². The predicted molar refractivity (Wildman–Crippen MR) is 129 cm³/mol. The third-order valence-corrected chi connectivity index (χ3v) is 6.53. The van der Waals surface area contributed by atoms with Gasteiger partial charge in [0.2, 0.25) is 0 Å². The van der Waals surface area contributed by atoms with Gasteiger partial charge in [-0.2, -0.15) is 0 Å². The Bertz CT molecular complexity index is 1230. The van der Waals surface area contributed by atoms with Gasteiger partial charge in [0.1, 0.15) is 5.66 Å². The van der Waals surface area contributed by atoms with Crippen LogP contribution in [-0.4, -0.2) is 0 Å². The van der Waals surface area contributed by atoms with Crippen molar-refractivity contribution in [3.63, 3.8) is 0 Å². The zero-order valence-corrected chi connectivity index (χ0v) is 17.3. The van der Waals surface area contributed by atoms with Crippen LogP contribution in [0, 0.1) is 0 Å². The highest BCUT2D eigenvalue weighted by Crippen LogP contribution is 2.56. The van der Waals surface area contributed by atoms with Crippen LogP contribution in [0.15, 0.2) is 121 Å². The van der Waals surface area contributed by atoms with Gasteiger partial charge in [-0.3, -0.25) is 0 Å². The summed E-state index contributed by atoms with van der Waals surface area (Å²) in [7, 11) is 0. The minimum atomic E-state index is -0.342. The number of nitrogens with one attached hydrogen (secondary N) is 1. The van der Waals surface area contributed by atoms with Crippen LogP contribution in [0.5, 0.6) is 0 Å². The number of para-hydroxylation sites is 2. The number of fused-ring (bicyclic) bond motifs is 3. The molecule has 2 aliphatic rings. The van der Waals surface area contributed by atoms with E-state index in [4.69, 9.17) is 0 Å². The molecule has 4 aromatic rings. The van der Waals surface area contributed by atoms with Gasteiger partial charge in [0.05, 0.1) is 11.4 Å². The maximum atomic E-state index is 3.95. The molecule has 150 valence electrons. The summed E-state index contributed by atoms with van der Waals surface area (Å²) < 4.78 is 0. The topological polar surface area (TPSA) is 15.3 Å². The molecule has 0 spiro atoms. The SMILES string of the molecule is C1=C(c2ccccc2)N2c3ccccc3N[C@@]2(c2ccccc2)C[C@@H]1c1ccccc1. The first-order chi connectivity index (χ1) is 15.4.